The van der Waals surface area contributed by atoms with Crippen molar-refractivity contribution in [1.82, 2.24) is 0 Å². The minimum absolute atomic E-state index is 0.372. The molecule has 0 aromatic carbocycles. The lowest BCUT2D eigenvalue weighted by molar-refractivity contribution is -0.324. The number of unbranched alkanes of at least 4 members (excludes halogenated alkanes) is 1. The molecule has 1 rings (SSSR count). The van der Waals surface area contributed by atoms with Crippen molar-refractivity contribution in [3.63, 3.8) is 0 Å². The monoisotopic (exact) mass is 278 g/mol. The summed E-state index contributed by atoms with van der Waals surface area (Å²) >= 11 is 0. The van der Waals surface area contributed by atoms with Crippen molar-refractivity contribution in [2.45, 2.75) is 44.3 Å². The van der Waals surface area contributed by atoms with Gasteiger partial charge >= 0.3 is 0 Å². The summed E-state index contributed by atoms with van der Waals surface area (Å²) in [6, 6.07) is 1.12. The molecule has 0 amide bonds. The molecule has 0 radical (unpaired) electrons. The van der Waals surface area contributed by atoms with E-state index in [1.165, 1.54) is 0 Å². The van der Waals surface area contributed by atoms with Gasteiger partial charge in [0.05, 0.1) is 13.2 Å². The maximum Gasteiger partial charge on any atom is 0.272 e. The summed E-state index contributed by atoms with van der Waals surface area (Å²) in [6.07, 6.45) is 3.31. The second-order valence-corrected chi connectivity index (χ2v) is 5.79. The first-order valence-corrected chi connectivity index (χ1v) is 8.27. The van der Waals surface area contributed by atoms with Gasteiger partial charge in [-0.3, -0.25) is 0 Å². The first-order chi connectivity index (χ1) is 8.76. The van der Waals surface area contributed by atoms with Crippen molar-refractivity contribution in [2.24, 2.45) is 0 Å². The van der Waals surface area contributed by atoms with Crippen molar-refractivity contribution in [2.75, 3.05) is 34.0 Å². The zero-order chi connectivity index (χ0) is 13.3. The van der Waals surface area contributed by atoms with Gasteiger partial charge in [0, 0.05) is 27.2 Å². The Morgan fingerprint density at radius 2 is 2.00 bits per heavy atom. The van der Waals surface area contributed by atoms with Crippen LogP contribution in [-0.2, 0) is 23.4 Å². The molecular formula is C12H26O5Si. The van der Waals surface area contributed by atoms with Gasteiger partial charge in [-0.15, -0.1) is 0 Å². The smallest absolute Gasteiger partial charge is 0.272 e. The highest BCUT2D eigenvalue weighted by Gasteiger charge is 2.27. The fourth-order valence-corrected chi connectivity index (χ4v) is 3.13. The fourth-order valence-electron chi connectivity index (χ4n) is 1.68. The van der Waals surface area contributed by atoms with Gasteiger partial charge in [0.1, 0.15) is 6.10 Å². The van der Waals surface area contributed by atoms with Crippen LogP contribution in [-0.4, -0.2) is 55.9 Å². The maximum atomic E-state index is 5.77. The lowest BCUT2D eigenvalue weighted by Crippen LogP contribution is -2.37. The molecule has 1 aliphatic rings. The van der Waals surface area contributed by atoms with Crippen molar-refractivity contribution in [3.8, 4) is 0 Å². The molecule has 0 aliphatic carbocycles. The summed E-state index contributed by atoms with van der Waals surface area (Å²) in [7, 11) is 2.65. The van der Waals surface area contributed by atoms with Crippen LogP contribution in [0.2, 0.25) is 6.04 Å². The maximum absolute atomic E-state index is 5.77. The first kappa shape index (κ1) is 16.1. The Kier molecular flexibility index (Phi) is 8.04. The van der Waals surface area contributed by atoms with Gasteiger partial charge in [-0.05, 0) is 12.5 Å². The molecule has 1 unspecified atom stereocenters. The molecule has 1 atom stereocenters. The third-order valence-electron chi connectivity index (χ3n) is 3.02. The summed E-state index contributed by atoms with van der Waals surface area (Å²) in [5.41, 5.74) is 0. The van der Waals surface area contributed by atoms with E-state index in [2.05, 4.69) is 0 Å². The Bertz CT molecular complexity index is 198. The molecular weight excluding hydrogens is 252 g/mol. The Hall–Kier alpha value is 0.0169. The quantitative estimate of drug-likeness (QED) is 0.231. The molecule has 0 spiro atoms. The number of hydrogen-bond donors (Lipinski definition) is 0. The molecule has 0 aromatic rings. The molecule has 1 heterocycles. The minimum atomic E-state index is -0.813. The van der Waals surface area contributed by atoms with Crippen LogP contribution < -0.4 is 0 Å². The Labute approximate surface area is 112 Å². The number of epoxide rings is 1. The zero-order valence-electron chi connectivity index (χ0n) is 11.8. The molecule has 1 saturated heterocycles. The van der Waals surface area contributed by atoms with Gasteiger partial charge in [-0.25, -0.2) is 0 Å². The number of rotatable bonds is 12. The highest BCUT2D eigenvalue weighted by Crippen LogP contribution is 2.17. The zero-order valence-corrected chi connectivity index (χ0v) is 13.2. The van der Waals surface area contributed by atoms with Gasteiger partial charge < -0.3 is 23.4 Å². The summed E-state index contributed by atoms with van der Waals surface area (Å²) in [5.74, 6) is -0.813. The number of hydrogen-bond acceptors (Lipinski definition) is 5. The topological polar surface area (TPSA) is 49.5 Å². The summed E-state index contributed by atoms with van der Waals surface area (Å²) in [4.78, 5) is 0. The minimum Gasteiger partial charge on any atom is -0.379 e. The fraction of sp³-hybridized carbons (Fsp3) is 1.00. The molecule has 108 valence electrons. The molecule has 18 heavy (non-hydrogen) atoms. The molecule has 1 fully saturated rings. The highest BCUT2D eigenvalue weighted by atomic mass is 28.2. The van der Waals surface area contributed by atoms with Crippen molar-refractivity contribution in [1.29, 1.82) is 0 Å². The highest BCUT2D eigenvalue weighted by molar-refractivity contribution is 6.27. The largest absolute Gasteiger partial charge is 0.379 e. The Morgan fingerprint density at radius 3 is 2.56 bits per heavy atom. The van der Waals surface area contributed by atoms with E-state index in [1.807, 2.05) is 6.92 Å². The lowest BCUT2D eigenvalue weighted by Gasteiger charge is -2.29. The van der Waals surface area contributed by atoms with Gasteiger partial charge in [0.2, 0.25) is 0 Å². The van der Waals surface area contributed by atoms with Crippen LogP contribution in [0.3, 0.4) is 0 Å². The molecule has 0 bridgehead atoms. The molecule has 0 N–H and O–H groups in total. The SMILES string of the molecule is CCC(OC)(OC)O[SiH2]CCCCOCC1CO1. The van der Waals surface area contributed by atoms with Crippen LogP contribution in [0.5, 0.6) is 0 Å². The van der Waals surface area contributed by atoms with Crippen LogP contribution in [0.4, 0.5) is 0 Å². The Balaban J connectivity index is 1.89. The van der Waals surface area contributed by atoms with Crippen molar-refractivity contribution < 1.29 is 23.4 Å². The van der Waals surface area contributed by atoms with Gasteiger partial charge in [0.25, 0.3) is 5.97 Å². The predicted octanol–water partition coefficient (Wildman–Crippen LogP) is 1.06. The third kappa shape index (κ3) is 6.26. The molecule has 6 heteroatoms. The average molecular weight is 278 g/mol. The second kappa shape index (κ2) is 9.01. The second-order valence-electron chi connectivity index (χ2n) is 4.38. The van der Waals surface area contributed by atoms with Crippen LogP contribution >= 0.6 is 0 Å². The van der Waals surface area contributed by atoms with E-state index in [0.29, 0.717) is 12.5 Å². The molecule has 0 saturated carbocycles. The van der Waals surface area contributed by atoms with E-state index in [-0.39, 0.29) is 0 Å². The Morgan fingerprint density at radius 1 is 1.28 bits per heavy atom. The number of ether oxygens (including phenoxy) is 4. The first-order valence-electron chi connectivity index (χ1n) is 6.70. The van der Waals surface area contributed by atoms with E-state index >= 15 is 0 Å². The van der Waals surface area contributed by atoms with Crippen molar-refractivity contribution in [3.05, 3.63) is 0 Å². The van der Waals surface area contributed by atoms with E-state index in [0.717, 1.165) is 38.7 Å². The summed E-state index contributed by atoms with van der Waals surface area (Å²) in [5, 5.41) is 0. The van der Waals surface area contributed by atoms with Crippen molar-refractivity contribution >= 4 is 9.76 Å². The van der Waals surface area contributed by atoms with Gasteiger partial charge in [0.15, 0.2) is 9.76 Å². The predicted molar refractivity (Wildman–Crippen MR) is 71.3 cm³/mol. The van der Waals surface area contributed by atoms with Crippen LogP contribution in [0.15, 0.2) is 0 Å². The van der Waals surface area contributed by atoms with Crippen LogP contribution in [0.25, 0.3) is 0 Å². The van der Waals surface area contributed by atoms with Crippen LogP contribution in [0, 0.1) is 0 Å². The van der Waals surface area contributed by atoms with Gasteiger partial charge in [-0.1, -0.05) is 13.3 Å². The average Bonchev–Trinajstić information content (AvgIpc) is 3.22. The molecule has 0 aromatic heterocycles. The van der Waals surface area contributed by atoms with E-state index < -0.39 is 15.7 Å². The summed E-state index contributed by atoms with van der Waals surface area (Å²) in [6.45, 7) is 4.44. The standard InChI is InChI=1S/C12H26O5Si/c1-4-12(13-2,14-3)17-18-8-6-5-7-15-9-11-10-16-11/h11H,4-10,18H2,1-3H3. The molecule has 1 aliphatic heterocycles. The van der Waals surface area contributed by atoms with E-state index in [1.54, 1.807) is 14.2 Å². The third-order valence-corrected chi connectivity index (χ3v) is 4.45. The normalized spacial score (nSPS) is 19.8. The number of methoxy groups -OCH3 is 2. The van der Waals surface area contributed by atoms with E-state index in [9.17, 15) is 0 Å². The lowest BCUT2D eigenvalue weighted by atomic mass is 10.3. The van der Waals surface area contributed by atoms with Gasteiger partial charge in [-0.2, -0.15) is 0 Å². The summed E-state index contributed by atoms with van der Waals surface area (Å²) < 4.78 is 26.8. The van der Waals surface area contributed by atoms with Crippen LogP contribution in [0.1, 0.15) is 26.2 Å². The molecule has 5 nitrogen and oxygen atoms in total. The van der Waals surface area contributed by atoms with E-state index in [4.69, 9.17) is 23.4 Å².